The molecule has 190 valence electrons. The molecular weight excluding hydrogens is 517 g/mol. The van der Waals surface area contributed by atoms with Crippen LogP contribution < -0.4 is 10.1 Å². The maximum atomic E-state index is 13.9. The van der Waals surface area contributed by atoms with Gasteiger partial charge in [0.2, 0.25) is 5.91 Å². The van der Waals surface area contributed by atoms with Gasteiger partial charge in [-0.15, -0.1) is 0 Å². The topological polar surface area (TPSA) is 71.5 Å². The first kappa shape index (κ1) is 26.5. The van der Waals surface area contributed by atoms with Crippen molar-refractivity contribution in [3.8, 4) is 5.75 Å². The number of amides is 2. The van der Waals surface area contributed by atoms with E-state index < -0.39 is 11.9 Å². The van der Waals surface area contributed by atoms with Gasteiger partial charge in [0, 0.05) is 12.6 Å². The third-order valence-corrected chi connectivity index (χ3v) is 8.09. The van der Waals surface area contributed by atoms with Crippen LogP contribution in [0.5, 0.6) is 5.75 Å². The number of aromatic nitrogens is 1. The minimum atomic E-state index is -0.876. The van der Waals surface area contributed by atoms with Gasteiger partial charge in [0.1, 0.15) is 21.2 Å². The van der Waals surface area contributed by atoms with Crippen molar-refractivity contribution in [2.75, 3.05) is 7.11 Å². The van der Waals surface area contributed by atoms with E-state index in [9.17, 15) is 9.59 Å². The molecule has 1 aromatic heterocycles. The number of nitrogens with zero attached hydrogens (tertiary/aromatic N) is 2. The van der Waals surface area contributed by atoms with Gasteiger partial charge < -0.3 is 15.0 Å². The molecule has 0 spiro atoms. The average molecular weight is 547 g/mol. The summed E-state index contributed by atoms with van der Waals surface area (Å²) in [7, 11) is 1.60. The first-order valence-corrected chi connectivity index (χ1v) is 13.5. The molecule has 1 heterocycles. The molecule has 0 aliphatic heterocycles. The lowest BCUT2D eigenvalue weighted by Crippen LogP contribution is -2.47. The maximum absolute atomic E-state index is 13.9. The maximum Gasteiger partial charge on any atom is 0.276 e. The Labute approximate surface area is 225 Å². The predicted octanol–water partition coefficient (Wildman–Crippen LogP) is 6.60. The van der Waals surface area contributed by atoms with Crippen LogP contribution in [0, 0.1) is 6.92 Å². The first-order chi connectivity index (χ1) is 17.4. The molecule has 1 aliphatic rings. The van der Waals surface area contributed by atoms with Crippen LogP contribution in [-0.2, 0) is 11.3 Å². The molecule has 2 aromatic carbocycles. The summed E-state index contributed by atoms with van der Waals surface area (Å²) in [5, 5.41) is 3.31. The largest absolute Gasteiger partial charge is 0.497 e. The molecule has 1 atom stereocenters. The molecule has 1 N–H and O–H groups in total. The van der Waals surface area contributed by atoms with Gasteiger partial charge in [-0.05, 0) is 54.6 Å². The second kappa shape index (κ2) is 12.1. The number of rotatable bonds is 8. The molecule has 0 radical (unpaired) electrons. The van der Waals surface area contributed by atoms with Gasteiger partial charge in [0.05, 0.1) is 7.11 Å². The molecular formula is C27H29Cl2N3O3S. The highest BCUT2D eigenvalue weighted by Gasteiger charge is 2.35. The van der Waals surface area contributed by atoms with Crippen molar-refractivity contribution in [1.82, 2.24) is 14.6 Å². The fourth-order valence-corrected chi connectivity index (χ4v) is 5.47. The Morgan fingerprint density at radius 2 is 1.75 bits per heavy atom. The molecule has 0 unspecified atom stereocenters. The second-order valence-corrected chi connectivity index (χ2v) is 10.8. The smallest absolute Gasteiger partial charge is 0.276 e. The lowest BCUT2D eigenvalue weighted by atomic mass is 9.94. The Morgan fingerprint density at radius 1 is 1.08 bits per heavy atom. The minimum absolute atomic E-state index is 0.0442. The molecule has 36 heavy (non-hydrogen) atoms. The third-order valence-electron chi connectivity index (χ3n) is 6.48. The summed E-state index contributed by atoms with van der Waals surface area (Å²) in [6.07, 6.45) is 5.22. The highest BCUT2D eigenvalue weighted by atomic mass is 35.5. The van der Waals surface area contributed by atoms with Crippen LogP contribution in [-0.4, -0.2) is 34.2 Å². The van der Waals surface area contributed by atoms with E-state index in [0.29, 0.717) is 11.3 Å². The number of methoxy groups -OCH3 is 1. The molecule has 1 saturated carbocycles. The molecule has 0 bridgehead atoms. The van der Waals surface area contributed by atoms with Crippen LogP contribution >= 0.6 is 34.7 Å². The zero-order valence-corrected chi connectivity index (χ0v) is 22.6. The van der Waals surface area contributed by atoms with Crippen LogP contribution in [0.4, 0.5) is 0 Å². The van der Waals surface area contributed by atoms with Crippen molar-refractivity contribution in [3.05, 3.63) is 80.3 Å². The number of nitrogens with one attached hydrogen (secondary N) is 1. The molecule has 1 aliphatic carbocycles. The molecule has 4 rings (SSSR count). The lowest BCUT2D eigenvalue weighted by Gasteiger charge is -2.33. The van der Waals surface area contributed by atoms with Gasteiger partial charge >= 0.3 is 0 Å². The van der Waals surface area contributed by atoms with Gasteiger partial charge in [-0.2, -0.15) is 4.37 Å². The van der Waals surface area contributed by atoms with Crippen LogP contribution in [0.3, 0.4) is 0 Å². The van der Waals surface area contributed by atoms with Gasteiger partial charge in [-0.3, -0.25) is 9.59 Å². The molecule has 0 saturated heterocycles. The van der Waals surface area contributed by atoms with Crippen LogP contribution in [0.25, 0.3) is 0 Å². The fraction of sp³-hybridized carbons (Fsp3) is 0.370. The zero-order chi connectivity index (χ0) is 25.7. The van der Waals surface area contributed by atoms with Crippen LogP contribution in [0.15, 0.2) is 48.5 Å². The SMILES string of the molecule is COc1ccc(CN(C(=O)c2nsc(Cl)c2Cl)[C@@H](C(=O)NC2CCCCC2)c2ccc(C)cc2)cc1. The zero-order valence-electron chi connectivity index (χ0n) is 20.3. The number of aryl methyl sites for hydroxylation is 1. The Balaban J connectivity index is 1.75. The Kier molecular flexibility index (Phi) is 8.88. The van der Waals surface area contributed by atoms with Gasteiger partial charge in [0.25, 0.3) is 5.91 Å². The Hall–Kier alpha value is -2.61. The van der Waals surface area contributed by atoms with E-state index in [1.165, 1.54) is 11.3 Å². The summed E-state index contributed by atoms with van der Waals surface area (Å²) in [5.74, 6) is 0.0319. The van der Waals surface area contributed by atoms with Crippen molar-refractivity contribution >= 4 is 46.5 Å². The lowest BCUT2D eigenvalue weighted by molar-refractivity contribution is -0.127. The highest BCUT2D eigenvalue weighted by molar-refractivity contribution is 7.11. The number of halogens is 2. The number of carbonyl (C=O) groups is 2. The summed E-state index contributed by atoms with van der Waals surface area (Å²) in [5.41, 5.74) is 2.66. The molecule has 2 amide bonds. The van der Waals surface area contributed by atoms with E-state index in [1.54, 1.807) is 7.11 Å². The summed E-state index contributed by atoms with van der Waals surface area (Å²) >= 11 is 13.4. The van der Waals surface area contributed by atoms with E-state index in [1.807, 2.05) is 55.5 Å². The number of benzene rings is 2. The van der Waals surface area contributed by atoms with E-state index >= 15 is 0 Å². The fourth-order valence-electron chi connectivity index (χ4n) is 4.48. The van der Waals surface area contributed by atoms with Crippen LogP contribution in [0.2, 0.25) is 9.36 Å². The van der Waals surface area contributed by atoms with Crippen molar-refractivity contribution in [1.29, 1.82) is 0 Å². The summed E-state index contributed by atoms with van der Waals surface area (Å²) in [6, 6.07) is 14.3. The van der Waals surface area contributed by atoms with E-state index in [0.717, 1.165) is 48.3 Å². The van der Waals surface area contributed by atoms with Crippen molar-refractivity contribution in [2.24, 2.45) is 0 Å². The summed E-state index contributed by atoms with van der Waals surface area (Å²) < 4.78 is 9.72. The monoisotopic (exact) mass is 545 g/mol. The van der Waals surface area contributed by atoms with Crippen molar-refractivity contribution in [2.45, 2.75) is 57.7 Å². The number of ether oxygens (including phenoxy) is 1. The van der Waals surface area contributed by atoms with E-state index in [2.05, 4.69) is 9.69 Å². The quantitative estimate of drug-likeness (QED) is 0.346. The van der Waals surface area contributed by atoms with E-state index in [4.69, 9.17) is 27.9 Å². The summed E-state index contributed by atoms with van der Waals surface area (Å²) in [6.45, 7) is 2.16. The normalized spacial score (nSPS) is 14.8. The highest BCUT2D eigenvalue weighted by Crippen LogP contribution is 2.33. The van der Waals surface area contributed by atoms with Gasteiger partial charge in [-0.1, -0.05) is 84.4 Å². The second-order valence-electron chi connectivity index (χ2n) is 9.06. The molecule has 3 aromatic rings. The first-order valence-electron chi connectivity index (χ1n) is 12.0. The standard InChI is InChI=1S/C27H29Cl2N3O3S/c1-17-8-12-19(13-9-17)24(26(33)30-20-6-4-3-5-7-20)32(16-18-10-14-21(35-2)15-11-18)27(34)23-22(28)25(29)36-31-23/h8-15,20,24H,3-7,16H2,1-2H3,(H,30,33)/t24-/m1/s1. The summed E-state index contributed by atoms with van der Waals surface area (Å²) in [4.78, 5) is 29.3. The van der Waals surface area contributed by atoms with E-state index in [-0.39, 0.29) is 33.5 Å². The number of hydrogen-bond donors (Lipinski definition) is 1. The molecule has 9 heteroatoms. The third kappa shape index (κ3) is 6.20. The van der Waals surface area contributed by atoms with Crippen molar-refractivity contribution < 1.29 is 14.3 Å². The predicted molar refractivity (Wildman–Crippen MR) is 144 cm³/mol. The Bertz CT molecular complexity index is 1190. The number of hydrogen-bond acceptors (Lipinski definition) is 5. The molecule has 1 fully saturated rings. The number of carbonyl (C=O) groups excluding carboxylic acids is 2. The van der Waals surface area contributed by atoms with Crippen molar-refractivity contribution in [3.63, 3.8) is 0 Å². The van der Waals surface area contributed by atoms with Crippen LogP contribution in [0.1, 0.15) is 65.3 Å². The molecule has 6 nitrogen and oxygen atoms in total. The Morgan fingerprint density at radius 3 is 2.33 bits per heavy atom. The van der Waals surface area contributed by atoms with Gasteiger partial charge in [0.15, 0.2) is 5.69 Å². The average Bonchev–Trinajstić information content (AvgIpc) is 3.23. The van der Waals surface area contributed by atoms with Gasteiger partial charge in [-0.25, -0.2) is 0 Å². The minimum Gasteiger partial charge on any atom is -0.497 e.